The van der Waals surface area contributed by atoms with Crippen molar-refractivity contribution in [1.29, 1.82) is 0 Å². The molecule has 0 saturated carbocycles. The first-order chi connectivity index (χ1) is 11.8. The fourth-order valence-electron chi connectivity index (χ4n) is 2.40. The van der Waals surface area contributed by atoms with Gasteiger partial charge in [-0.05, 0) is 36.4 Å². The first-order valence-electron chi connectivity index (χ1n) is 7.35. The highest BCUT2D eigenvalue weighted by Gasteiger charge is 2.12. The third-order valence-corrected chi connectivity index (χ3v) is 4.40. The summed E-state index contributed by atoms with van der Waals surface area (Å²) in [4.78, 5) is 5.14. The van der Waals surface area contributed by atoms with Gasteiger partial charge < -0.3 is 13.4 Å². The van der Waals surface area contributed by atoms with Crippen LogP contribution in [-0.2, 0) is 6.54 Å². The van der Waals surface area contributed by atoms with Gasteiger partial charge in [-0.15, -0.1) is 11.3 Å². The summed E-state index contributed by atoms with van der Waals surface area (Å²) in [5.41, 5.74) is 1.18. The average Bonchev–Trinajstić information content (AvgIpc) is 3.33. The number of hydrogen-bond acceptors (Lipinski definition) is 4. The molecular formula is C18H13FN2O2S. The van der Waals surface area contributed by atoms with Crippen LogP contribution in [0.15, 0.2) is 80.3 Å². The minimum Gasteiger partial charge on any atom is -0.467 e. The second-order valence-corrected chi connectivity index (χ2v) is 5.95. The van der Waals surface area contributed by atoms with Crippen molar-refractivity contribution in [3.8, 4) is 11.5 Å². The number of aromatic nitrogens is 1. The second kappa shape index (κ2) is 6.33. The van der Waals surface area contributed by atoms with E-state index in [-0.39, 0.29) is 5.82 Å². The summed E-state index contributed by atoms with van der Waals surface area (Å²) in [6.45, 7) is 0.486. The molecule has 6 heteroatoms. The Labute approximate surface area is 141 Å². The van der Waals surface area contributed by atoms with Crippen molar-refractivity contribution in [3.63, 3.8) is 0 Å². The van der Waals surface area contributed by atoms with E-state index in [4.69, 9.17) is 8.83 Å². The summed E-state index contributed by atoms with van der Waals surface area (Å²) in [5, 5.41) is 1.95. The van der Waals surface area contributed by atoms with Crippen LogP contribution < -0.4 is 4.80 Å². The number of halogens is 1. The smallest absolute Gasteiger partial charge is 0.191 e. The maximum Gasteiger partial charge on any atom is 0.191 e. The molecule has 24 heavy (non-hydrogen) atoms. The van der Waals surface area contributed by atoms with Crippen LogP contribution in [0.1, 0.15) is 5.76 Å². The lowest BCUT2D eigenvalue weighted by Gasteiger charge is -2.05. The van der Waals surface area contributed by atoms with Gasteiger partial charge in [-0.25, -0.2) is 9.38 Å². The summed E-state index contributed by atoms with van der Waals surface area (Å²) >= 11 is 1.43. The molecule has 0 aliphatic heterocycles. The van der Waals surface area contributed by atoms with Crippen LogP contribution in [0.5, 0.6) is 0 Å². The Kier molecular flexibility index (Phi) is 3.88. The maximum absolute atomic E-state index is 13.9. The van der Waals surface area contributed by atoms with Gasteiger partial charge in [0, 0.05) is 5.38 Å². The van der Waals surface area contributed by atoms with E-state index in [0.717, 1.165) is 17.2 Å². The third kappa shape index (κ3) is 2.83. The molecule has 0 atom stereocenters. The lowest BCUT2D eigenvalue weighted by atomic mass is 10.3. The van der Waals surface area contributed by atoms with Gasteiger partial charge in [0.1, 0.15) is 17.3 Å². The number of thiazole rings is 1. The molecule has 0 unspecified atom stereocenters. The molecule has 4 aromatic rings. The second-order valence-electron chi connectivity index (χ2n) is 5.11. The van der Waals surface area contributed by atoms with Crippen LogP contribution >= 0.6 is 11.3 Å². The molecule has 0 saturated heterocycles. The summed E-state index contributed by atoms with van der Waals surface area (Å²) in [6, 6.07) is 13.9. The Hall–Kier alpha value is -2.86. The lowest BCUT2D eigenvalue weighted by Crippen LogP contribution is -2.16. The number of furan rings is 2. The molecule has 0 aliphatic carbocycles. The fourth-order valence-corrected chi connectivity index (χ4v) is 3.30. The quantitative estimate of drug-likeness (QED) is 0.534. The largest absolute Gasteiger partial charge is 0.467 e. The zero-order valence-corrected chi connectivity index (χ0v) is 13.4. The highest BCUT2D eigenvalue weighted by Crippen LogP contribution is 2.23. The molecule has 3 heterocycles. The fraction of sp³-hybridized carbons (Fsp3) is 0.0556. The topological polar surface area (TPSA) is 43.6 Å². The van der Waals surface area contributed by atoms with Crippen LogP contribution in [0.25, 0.3) is 11.5 Å². The van der Waals surface area contributed by atoms with Crippen molar-refractivity contribution in [2.24, 2.45) is 4.99 Å². The van der Waals surface area contributed by atoms with Crippen LogP contribution in [0, 0.1) is 5.82 Å². The van der Waals surface area contributed by atoms with E-state index in [1.165, 1.54) is 17.4 Å². The number of nitrogens with zero attached hydrogens (tertiary/aromatic N) is 2. The first-order valence-corrected chi connectivity index (χ1v) is 8.23. The van der Waals surface area contributed by atoms with Gasteiger partial charge in [-0.1, -0.05) is 12.1 Å². The Morgan fingerprint density at radius 2 is 1.83 bits per heavy atom. The molecule has 0 amide bonds. The van der Waals surface area contributed by atoms with Crippen LogP contribution in [0.4, 0.5) is 10.1 Å². The zero-order chi connectivity index (χ0) is 16.4. The van der Waals surface area contributed by atoms with Gasteiger partial charge in [-0.2, -0.15) is 0 Å². The van der Waals surface area contributed by atoms with E-state index >= 15 is 0 Å². The van der Waals surface area contributed by atoms with Gasteiger partial charge in [-0.3, -0.25) is 0 Å². The minimum absolute atomic E-state index is 0.304. The number of rotatable bonds is 4. The van der Waals surface area contributed by atoms with Gasteiger partial charge >= 0.3 is 0 Å². The summed E-state index contributed by atoms with van der Waals surface area (Å²) in [7, 11) is 0. The van der Waals surface area contributed by atoms with E-state index in [1.807, 2.05) is 34.2 Å². The van der Waals surface area contributed by atoms with Crippen LogP contribution in [0.3, 0.4) is 0 Å². The third-order valence-electron chi connectivity index (χ3n) is 3.53. The predicted molar refractivity (Wildman–Crippen MR) is 89.4 cm³/mol. The zero-order valence-electron chi connectivity index (χ0n) is 12.6. The van der Waals surface area contributed by atoms with Crippen molar-refractivity contribution in [2.75, 3.05) is 0 Å². The average molecular weight is 340 g/mol. The molecule has 0 spiro atoms. The van der Waals surface area contributed by atoms with E-state index in [9.17, 15) is 4.39 Å². The molecule has 120 valence electrons. The monoisotopic (exact) mass is 340 g/mol. The molecule has 0 radical (unpaired) electrons. The summed E-state index contributed by atoms with van der Waals surface area (Å²) in [5.74, 6) is 1.17. The van der Waals surface area contributed by atoms with Crippen molar-refractivity contribution in [1.82, 2.24) is 4.57 Å². The first kappa shape index (κ1) is 14.7. The van der Waals surface area contributed by atoms with Crippen LogP contribution in [-0.4, -0.2) is 4.57 Å². The molecular weight excluding hydrogens is 327 g/mol. The Morgan fingerprint density at radius 1 is 1.00 bits per heavy atom. The van der Waals surface area contributed by atoms with E-state index in [2.05, 4.69) is 4.99 Å². The molecule has 0 N–H and O–H groups in total. The van der Waals surface area contributed by atoms with Crippen LogP contribution in [0.2, 0.25) is 0 Å². The number of benzene rings is 1. The lowest BCUT2D eigenvalue weighted by molar-refractivity contribution is 0.489. The minimum atomic E-state index is -0.352. The predicted octanol–water partition coefficient (Wildman–Crippen LogP) is 4.82. The molecule has 4 nitrogen and oxygen atoms in total. The summed E-state index contributed by atoms with van der Waals surface area (Å²) in [6.07, 6.45) is 3.25. The Morgan fingerprint density at radius 3 is 2.58 bits per heavy atom. The molecule has 3 aromatic heterocycles. The standard InChI is InChI=1S/C18H13FN2O2S/c19-14-6-1-2-7-15(14)20-18-21(11-13-5-3-9-22-13)16(12-24-18)17-8-4-10-23-17/h1-10,12H,11H2. The molecule has 0 aliphatic rings. The SMILES string of the molecule is Fc1ccccc1N=c1scc(-c2ccco2)n1Cc1ccco1. The number of hydrogen-bond donors (Lipinski definition) is 0. The highest BCUT2D eigenvalue weighted by atomic mass is 32.1. The van der Waals surface area contributed by atoms with E-state index in [0.29, 0.717) is 17.0 Å². The highest BCUT2D eigenvalue weighted by molar-refractivity contribution is 7.07. The number of para-hydroxylation sites is 1. The van der Waals surface area contributed by atoms with Gasteiger partial charge in [0.2, 0.25) is 0 Å². The van der Waals surface area contributed by atoms with Crippen molar-refractivity contribution >= 4 is 17.0 Å². The van der Waals surface area contributed by atoms with E-state index < -0.39 is 0 Å². The van der Waals surface area contributed by atoms with E-state index in [1.54, 1.807) is 30.7 Å². The Bertz CT molecular complexity index is 998. The normalized spacial score (nSPS) is 12.0. The van der Waals surface area contributed by atoms with Gasteiger partial charge in [0.15, 0.2) is 10.6 Å². The van der Waals surface area contributed by atoms with Crippen molar-refractivity contribution in [2.45, 2.75) is 6.54 Å². The van der Waals surface area contributed by atoms with Crippen molar-refractivity contribution in [3.05, 3.63) is 82.8 Å². The molecule has 1 aromatic carbocycles. The van der Waals surface area contributed by atoms with Gasteiger partial charge in [0.05, 0.1) is 24.8 Å². The molecule has 4 rings (SSSR count). The maximum atomic E-state index is 13.9. The summed E-state index contributed by atoms with van der Waals surface area (Å²) < 4.78 is 26.8. The molecule has 0 bridgehead atoms. The Balaban J connectivity index is 1.86. The molecule has 0 fully saturated rings. The van der Waals surface area contributed by atoms with Gasteiger partial charge in [0.25, 0.3) is 0 Å². The van der Waals surface area contributed by atoms with Crippen molar-refractivity contribution < 1.29 is 13.2 Å².